The summed E-state index contributed by atoms with van der Waals surface area (Å²) >= 11 is 0. The summed E-state index contributed by atoms with van der Waals surface area (Å²) in [6.45, 7) is 6.90. The molecule has 1 aliphatic heterocycles. The van der Waals surface area contributed by atoms with Crippen LogP contribution < -0.4 is 0 Å². The Hall–Kier alpha value is -2.10. The SMILES string of the molecule is Cc1ccccc1C(=CCCN1CCC[C@H](C(=O)O)C1)c1ccccc1C.Cl. The summed E-state index contributed by atoms with van der Waals surface area (Å²) in [5, 5.41) is 9.29. The van der Waals surface area contributed by atoms with Crippen LogP contribution in [0.3, 0.4) is 0 Å². The Labute approximate surface area is 174 Å². The van der Waals surface area contributed by atoms with Gasteiger partial charge in [-0.1, -0.05) is 54.6 Å². The van der Waals surface area contributed by atoms with Crippen LogP contribution in [0.4, 0.5) is 0 Å². The number of likely N-dealkylation sites (tertiary alicyclic amines) is 1. The van der Waals surface area contributed by atoms with Crippen molar-refractivity contribution in [1.29, 1.82) is 0 Å². The van der Waals surface area contributed by atoms with Crippen molar-refractivity contribution < 1.29 is 9.90 Å². The molecule has 1 saturated heterocycles. The highest BCUT2D eigenvalue weighted by molar-refractivity contribution is 5.85. The number of hydrogen-bond acceptors (Lipinski definition) is 2. The van der Waals surface area contributed by atoms with Gasteiger partial charge in [0.1, 0.15) is 0 Å². The molecule has 150 valence electrons. The minimum Gasteiger partial charge on any atom is -0.481 e. The van der Waals surface area contributed by atoms with Crippen LogP contribution in [-0.2, 0) is 4.79 Å². The number of hydrogen-bond donors (Lipinski definition) is 1. The molecular formula is C24H30ClNO2. The number of carbonyl (C=O) groups is 1. The van der Waals surface area contributed by atoms with Crippen molar-refractivity contribution in [2.24, 2.45) is 5.92 Å². The van der Waals surface area contributed by atoms with Crippen molar-refractivity contribution >= 4 is 23.9 Å². The predicted molar refractivity (Wildman–Crippen MR) is 118 cm³/mol. The predicted octanol–water partition coefficient (Wildman–Crippen LogP) is 5.34. The lowest BCUT2D eigenvalue weighted by molar-refractivity contribution is -0.143. The van der Waals surface area contributed by atoms with Gasteiger partial charge in [-0.15, -0.1) is 12.4 Å². The molecule has 0 unspecified atom stereocenters. The van der Waals surface area contributed by atoms with Crippen molar-refractivity contribution in [3.63, 3.8) is 0 Å². The lowest BCUT2D eigenvalue weighted by Crippen LogP contribution is -2.39. The van der Waals surface area contributed by atoms with E-state index in [2.05, 4.69) is 73.4 Å². The smallest absolute Gasteiger partial charge is 0.307 e. The molecule has 4 heteroatoms. The molecule has 3 nitrogen and oxygen atoms in total. The first-order valence-electron chi connectivity index (χ1n) is 9.83. The monoisotopic (exact) mass is 399 g/mol. The zero-order chi connectivity index (χ0) is 19.2. The minimum absolute atomic E-state index is 0. The quantitative estimate of drug-likeness (QED) is 0.712. The van der Waals surface area contributed by atoms with Crippen LogP contribution in [0.2, 0.25) is 0 Å². The summed E-state index contributed by atoms with van der Waals surface area (Å²) in [5.74, 6) is -0.870. The van der Waals surface area contributed by atoms with Crippen LogP contribution in [-0.4, -0.2) is 35.6 Å². The van der Waals surface area contributed by atoms with Gasteiger partial charge in [0, 0.05) is 13.1 Å². The van der Waals surface area contributed by atoms with E-state index in [1.807, 2.05) is 0 Å². The number of aliphatic carboxylic acids is 1. The zero-order valence-electron chi connectivity index (χ0n) is 16.7. The molecule has 0 saturated carbocycles. The number of carboxylic acids is 1. The van der Waals surface area contributed by atoms with Crippen LogP contribution >= 0.6 is 12.4 Å². The molecule has 0 spiro atoms. The Morgan fingerprint density at radius 2 is 1.64 bits per heavy atom. The fraction of sp³-hybridized carbons (Fsp3) is 0.375. The number of aryl methyl sites for hydroxylation is 2. The number of rotatable bonds is 6. The van der Waals surface area contributed by atoms with Gasteiger partial charge in [-0.25, -0.2) is 0 Å². The van der Waals surface area contributed by atoms with Crippen molar-refractivity contribution in [2.45, 2.75) is 33.1 Å². The van der Waals surface area contributed by atoms with Crippen LogP contribution in [0.25, 0.3) is 5.57 Å². The van der Waals surface area contributed by atoms with E-state index < -0.39 is 5.97 Å². The first-order valence-corrected chi connectivity index (χ1v) is 9.83. The van der Waals surface area contributed by atoms with Gasteiger partial charge in [0.25, 0.3) is 0 Å². The molecule has 1 aliphatic rings. The average molecular weight is 400 g/mol. The topological polar surface area (TPSA) is 40.5 Å². The lowest BCUT2D eigenvalue weighted by Gasteiger charge is -2.30. The molecule has 2 aromatic carbocycles. The van der Waals surface area contributed by atoms with Gasteiger partial charge >= 0.3 is 5.97 Å². The normalized spacial score (nSPS) is 16.9. The number of halogens is 1. The van der Waals surface area contributed by atoms with Gasteiger partial charge in [-0.2, -0.15) is 0 Å². The number of piperidine rings is 1. The van der Waals surface area contributed by atoms with Crippen molar-refractivity contribution in [1.82, 2.24) is 4.90 Å². The molecule has 0 amide bonds. The molecule has 1 N–H and O–H groups in total. The van der Waals surface area contributed by atoms with Gasteiger partial charge in [-0.3, -0.25) is 4.79 Å². The van der Waals surface area contributed by atoms with Gasteiger partial charge in [0.05, 0.1) is 5.92 Å². The Kier molecular flexibility index (Phi) is 8.28. The lowest BCUT2D eigenvalue weighted by atomic mass is 9.91. The Balaban J connectivity index is 0.00000280. The molecule has 0 bridgehead atoms. The second-order valence-corrected chi connectivity index (χ2v) is 7.51. The van der Waals surface area contributed by atoms with E-state index >= 15 is 0 Å². The third kappa shape index (κ3) is 5.46. The van der Waals surface area contributed by atoms with Crippen LogP contribution in [0, 0.1) is 19.8 Å². The van der Waals surface area contributed by atoms with E-state index in [0.717, 1.165) is 32.4 Å². The Morgan fingerprint density at radius 3 is 2.18 bits per heavy atom. The largest absolute Gasteiger partial charge is 0.481 e. The van der Waals surface area contributed by atoms with Gasteiger partial charge < -0.3 is 10.0 Å². The summed E-state index contributed by atoms with van der Waals surface area (Å²) in [4.78, 5) is 13.6. The molecule has 1 heterocycles. The van der Waals surface area contributed by atoms with E-state index in [9.17, 15) is 9.90 Å². The van der Waals surface area contributed by atoms with Gasteiger partial charge in [0.15, 0.2) is 0 Å². The van der Waals surface area contributed by atoms with Crippen molar-refractivity contribution in [2.75, 3.05) is 19.6 Å². The fourth-order valence-corrected chi connectivity index (χ4v) is 3.97. The number of benzene rings is 2. The number of carboxylic acid groups (broad SMARTS) is 1. The molecule has 1 atom stereocenters. The summed E-state index contributed by atoms with van der Waals surface area (Å²) in [5.41, 5.74) is 6.37. The van der Waals surface area contributed by atoms with E-state index in [-0.39, 0.29) is 18.3 Å². The third-order valence-electron chi connectivity index (χ3n) is 5.52. The minimum atomic E-state index is -0.657. The fourth-order valence-electron chi connectivity index (χ4n) is 3.97. The highest BCUT2D eigenvalue weighted by Gasteiger charge is 2.24. The second-order valence-electron chi connectivity index (χ2n) is 7.51. The van der Waals surface area contributed by atoms with Crippen LogP contribution in [0.15, 0.2) is 54.6 Å². The highest BCUT2D eigenvalue weighted by atomic mass is 35.5. The summed E-state index contributed by atoms with van der Waals surface area (Å²) in [6, 6.07) is 17.0. The maximum Gasteiger partial charge on any atom is 0.307 e. The first kappa shape index (κ1) is 22.2. The Bertz CT molecular complexity index is 783. The molecule has 2 aromatic rings. The van der Waals surface area contributed by atoms with E-state index in [1.54, 1.807) is 0 Å². The molecule has 0 radical (unpaired) electrons. The maximum absolute atomic E-state index is 11.3. The molecule has 1 fully saturated rings. The number of nitrogens with zero attached hydrogens (tertiary/aromatic N) is 1. The maximum atomic E-state index is 11.3. The molecule has 0 aliphatic carbocycles. The van der Waals surface area contributed by atoms with Crippen molar-refractivity contribution in [3.05, 3.63) is 76.9 Å². The molecule has 3 rings (SSSR count). The standard InChI is InChI=1S/C24H29NO2.ClH/c1-18-9-3-5-12-21(18)23(22-13-6-4-10-19(22)2)14-8-16-25-15-7-11-20(17-25)24(26)27;/h3-6,9-10,12-14,20H,7-8,11,15-17H2,1-2H3,(H,26,27);1H/t20-;/m0./s1. The highest BCUT2D eigenvalue weighted by Crippen LogP contribution is 2.29. The van der Waals surface area contributed by atoms with Crippen LogP contribution in [0.5, 0.6) is 0 Å². The third-order valence-corrected chi connectivity index (χ3v) is 5.52. The van der Waals surface area contributed by atoms with E-state index in [0.29, 0.717) is 6.54 Å². The van der Waals surface area contributed by atoms with E-state index in [1.165, 1.54) is 27.8 Å². The summed E-state index contributed by atoms with van der Waals surface area (Å²) < 4.78 is 0. The van der Waals surface area contributed by atoms with E-state index in [4.69, 9.17) is 0 Å². The molecule has 0 aromatic heterocycles. The first-order chi connectivity index (χ1) is 13.1. The van der Waals surface area contributed by atoms with Crippen LogP contribution in [0.1, 0.15) is 41.5 Å². The van der Waals surface area contributed by atoms with Gasteiger partial charge in [0.2, 0.25) is 0 Å². The summed E-state index contributed by atoms with van der Waals surface area (Å²) in [6.07, 6.45) is 5.03. The zero-order valence-corrected chi connectivity index (χ0v) is 17.5. The molecule has 28 heavy (non-hydrogen) atoms. The molecular weight excluding hydrogens is 370 g/mol. The Morgan fingerprint density at radius 1 is 1.07 bits per heavy atom. The van der Waals surface area contributed by atoms with Gasteiger partial charge in [-0.05, 0) is 67.5 Å². The van der Waals surface area contributed by atoms with Crippen molar-refractivity contribution in [3.8, 4) is 0 Å². The second kappa shape index (κ2) is 10.4. The average Bonchev–Trinajstić information content (AvgIpc) is 2.67. The summed E-state index contributed by atoms with van der Waals surface area (Å²) in [7, 11) is 0.